The quantitative estimate of drug-likeness (QED) is 0.384. The van der Waals surface area contributed by atoms with Crippen molar-refractivity contribution in [3.8, 4) is 0 Å². The average molecular weight is 235 g/mol. The first-order chi connectivity index (χ1) is 4.81. The van der Waals surface area contributed by atoms with Gasteiger partial charge >= 0.3 is 60.4 Å². The summed E-state index contributed by atoms with van der Waals surface area (Å²) in [7, 11) is -12.2. The number of halogens is 5. The van der Waals surface area contributed by atoms with E-state index in [1.807, 2.05) is 0 Å². The van der Waals surface area contributed by atoms with Gasteiger partial charge in [-0.05, 0) is 0 Å². The molecule has 0 unspecified atom stereocenters. The van der Waals surface area contributed by atoms with Crippen molar-refractivity contribution in [2.75, 3.05) is 0 Å². The third-order valence-electron chi connectivity index (χ3n) is 0.791. The Balaban J connectivity index is 2.66. The molecule has 11 heavy (non-hydrogen) atoms. The molecule has 0 atom stereocenters. The first kappa shape index (κ1) is 9.90. The van der Waals surface area contributed by atoms with Gasteiger partial charge in [0.05, 0.1) is 0 Å². The van der Waals surface area contributed by atoms with Crippen LogP contribution in [0.25, 0.3) is 0 Å². The van der Waals surface area contributed by atoms with Gasteiger partial charge in [0.25, 0.3) is 0 Å². The summed E-state index contributed by atoms with van der Waals surface area (Å²) in [5.74, 6) is 0. The normalized spacial score (nSPS) is 38.3. The summed E-state index contributed by atoms with van der Waals surface area (Å²) < 4.78 is 60.8. The molecule has 1 heterocycles. The number of rotatable bonds is 0. The second kappa shape index (κ2) is 2.95. The predicted octanol–water partition coefficient (Wildman–Crippen LogP) is 2.57. The van der Waals surface area contributed by atoms with Crippen LogP contribution in [0.2, 0.25) is 0 Å². The first-order valence-corrected chi connectivity index (χ1v) is 8.88. The molecular weight excluding hydrogens is 230 g/mol. The van der Waals surface area contributed by atoms with E-state index >= 15 is 0 Å². The summed E-state index contributed by atoms with van der Waals surface area (Å²) in [6, 6.07) is 0. The molecular formula is H5F5N3P3. The van der Waals surface area contributed by atoms with Crippen LogP contribution in [0.3, 0.4) is 0 Å². The molecule has 3 nitrogen and oxygen atoms in total. The van der Waals surface area contributed by atoms with Crippen molar-refractivity contribution in [1.29, 1.82) is 0 Å². The summed E-state index contributed by atoms with van der Waals surface area (Å²) >= 11 is 0. The molecule has 1 rings (SSSR count). The minimum absolute atomic E-state index is 0.922. The van der Waals surface area contributed by atoms with Crippen LogP contribution in [0.4, 0.5) is 21.3 Å². The maximum absolute atomic E-state index is 12.2. The predicted molar refractivity (Wildman–Crippen MR) is 38.6 cm³/mol. The zero-order chi connectivity index (χ0) is 8.70. The third kappa shape index (κ3) is 2.98. The molecule has 0 spiro atoms. The van der Waals surface area contributed by atoms with Crippen molar-refractivity contribution in [1.82, 2.24) is 15.7 Å². The summed E-state index contributed by atoms with van der Waals surface area (Å²) in [4.78, 5) is 0. The van der Waals surface area contributed by atoms with Gasteiger partial charge < -0.3 is 0 Å². The number of nitrogens with one attached hydrogen (secondary N) is 2. The first-order valence-electron chi connectivity index (χ1n) is 2.37. The van der Waals surface area contributed by atoms with Crippen molar-refractivity contribution in [2.24, 2.45) is 0 Å². The van der Waals surface area contributed by atoms with Crippen molar-refractivity contribution in [2.45, 2.75) is 0 Å². The van der Waals surface area contributed by atoms with E-state index in [1.54, 1.807) is 0 Å². The van der Waals surface area contributed by atoms with E-state index in [1.165, 1.54) is 0 Å². The molecule has 0 saturated carbocycles. The van der Waals surface area contributed by atoms with Gasteiger partial charge in [0.15, 0.2) is 0 Å². The molecule has 1 aliphatic heterocycles. The Hall–Kier alpha value is 0.820. The molecule has 70 valence electrons. The molecule has 1 fully saturated rings. The van der Waals surface area contributed by atoms with Crippen molar-refractivity contribution in [3.63, 3.8) is 0 Å². The average Bonchev–Trinajstić information content (AvgIpc) is 1.49. The van der Waals surface area contributed by atoms with E-state index in [9.17, 15) is 21.3 Å². The van der Waals surface area contributed by atoms with Gasteiger partial charge in [-0.2, -0.15) is 0 Å². The summed E-state index contributed by atoms with van der Waals surface area (Å²) in [5, 5.41) is 1.16. The molecule has 0 aromatic carbocycles. The molecule has 0 radical (unpaired) electrons. The van der Waals surface area contributed by atoms with Crippen LogP contribution in [0.15, 0.2) is 0 Å². The van der Waals surface area contributed by atoms with Gasteiger partial charge in [-0.1, -0.05) is 0 Å². The fourth-order valence-electron chi connectivity index (χ4n) is 0.528. The Kier molecular flexibility index (Phi) is 2.65. The van der Waals surface area contributed by atoms with Crippen LogP contribution in [0, 0.1) is 0 Å². The SMILES string of the molecule is FN1N[PH](F)(F)P[PH](F)(F)N1. The van der Waals surface area contributed by atoms with E-state index < -0.39 is 28.7 Å². The van der Waals surface area contributed by atoms with Crippen molar-refractivity contribution >= 4 is 23.4 Å². The molecule has 0 bridgehead atoms. The number of hydrogen-bond donors (Lipinski definition) is 2. The number of hydrazine groups is 2. The van der Waals surface area contributed by atoms with Crippen LogP contribution < -0.4 is 10.4 Å². The minimum atomic E-state index is -5.21. The Morgan fingerprint density at radius 3 is 1.64 bits per heavy atom. The van der Waals surface area contributed by atoms with E-state index in [2.05, 4.69) is 0 Å². The van der Waals surface area contributed by atoms with Gasteiger partial charge in [-0.15, -0.1) is 0 Å². The topological polar surface area (TPSA) is 27.3 Å². The Morgan fingerprint density at radius 1 is 1.00 bits per heavy atom. The second-order valence-electron chi connectivity index (χ2n) is 1.78. The van der Waals surface area contributed by atoms with E-state index in [0.717, 1.165) is 10.4 Å². The van der Waals surface area contributed by atoms with Gasteiger partial charge in [-0.3, -0.25) is 0 Å². The monoisotopic (exact) mass is 235 g/mol. The summed E-state index contributed by atoms with van der Waals surface area (Å²) in [6.45, 7) is 0. The maximum atomic E-state index is 12.2. The Bertz CT molecular complexity index is 143. The van der Waals surface area contributed by atoms with E-state index in [0.29, 0.717) is 0 Å². The number of hydrogen-bond acceptors (Lipinski definition) is 3. The van der Waals surface area contributed by atoms with E-state index in [-0.39, 0.29) is 0 Å². The second-order valence-corrected chi connectivity index (χ2v) is 11.5. The zero-order valence-corrected chi connectivity index (χ0v) is 7.84. The van der Waals surface area contributed by atoms with Gasteiger partial charge in [0.2, 0.25) is 0 Å². The van der Waals surface area contributed by atoms with E-state index in [4.69, 9.17) is 0 Å². The summed E-state index contributed by atoms with van der Waals surface area (Å²) in [5.41, 5.74) is 0. The van der Waals surface area contributed by atoms with Crippen molar-refractivity contribution in [3.05, 3.63) is 0 Å². The third-order valence-corrected chi connectivity index (χ3v) is 10.6. The molecule has 1 saturated heterocycles. The molecule has 11 heteroatoms. The zero-order valence-electron chi connectivity index (χ0n) is 4.84. The standard InChI is InChI=1S/F5H5N3P3/c1-8-6-10(2,3)9-11(4,5)7-8/h6-7,9-11H. The van der Waals surface area contributed by atoms with Crippen molar-refractivity contribution < 1.29 is 21.3 Å². The molecule has 0 aromatic heterocycles. The molecule has 2 N–H and O–H groups in total. The van der Waals surface area contributed by atoms with Crippen LogP contribution in [-0.4, -0.2) is 5.34 Å². The fraction of sp³-hybridized carbons (Fsp3) is 0. The molecule has 0 aliphatic carbocycles. The Morgan fingerprint density at radius 2 is 1.36 bits per heavy atom. The van der Waals surface area contributed by atoms with Gasteiger partial charge in [-0.25, -0.2) is 0 Å². The van der Waals surface area contributed by atoms with Crippen LogP contribution in [0.1, 0.15) is 0 Å². The Labute approximate surface area is 61.4 Å². The number of nitrogens with zero attached hydrogens (tertiary/aromatic N) is 1. The van der Waals surface area contributed by atoms with Crippen LogP contribution in [0.5, 0.6) is 0 Å². The van der Waals surface area contributed by atoms with Crippen LogP contribution in [-0.2, 0) is 0 Å². The summed E-state index contributed by atoms with van der Waals surface area (Å²) in [6.07, 6.45) is 0. The van der Waals surface area contributed by atoms with Crippen LogP contribution >= 0.6 is 23.4 Å². The molecule has 0 aromatic rings. The van der Waals surface area contributed by atoms with Gasteiger partial charge in [0, 0.05) is 0 Å². The van der Waals surface area contributed by atoms with Gasteiger partial charge in [0.1, 0.15) is 0 Å². The molecule has 0 amide bonds. The fourth-order valence-corrected chi connectivity index (χ4v) is 8.41. The molecule has 1 aliphatic rings.